The third kappa shape index (κ3) is 1.32. The van der Waals surface area contributed by atoms with Gasteiger partial charge in [-0.15, -0.1) is 10.2 Å². The highest BCUT2D eigenvalue weighted by Gasteiger charge is 2.13. The van der Waals surface area contributed by atoms with Crippen LogP contribution in [0, 0.1) is 0 Å². The molecule has 7 heteroatoms. The number of nitrogen functional groups attached to an aromatic ring is 1. The number of nitrogens with two attached hydrogens (primary N) is 1. The average Bonchev–Trinajstić information content (AvgIpc) is 3.04. The second-order valence-corrected chi connectivity index (χ2v) is 4.15. The van der Waals surface area contributed by atoms with Crippen LogP contribution in [-0.2, 0) is 0 Å². The Morgan fingerprint density at radius 3 is 2.89 bits per heavy atom. The minimum Gasteiger partial charge on any atom is -0.398 e. The first-order chi connectivity index (χ1) is 9.34. The average molecular weight is 251 g/mol. The van der Waals surface area contributed by atoms with E-state index in [0.717, 1.165) is 11.1 Å². The van der Waals surface area contributed by atoms with Crippen molar-refractivity contribution in [2.45, 2.75) is 0 Å². The van der Waals surface area contributed by atoms with Crippen molar-refractivity contribution in [1.29, 1.82) is 0 Å². The molecule has 3 aromatic heterocycles. The van der Waals surface area contributed by atoms with Crippen LogP contribution in [0.1, 0.15) is 0 Å². The van der Waals surface area contributed by atoms with Gasteiger partial charge in [0.2, 0.25) is 0 Å². The Labute approximate surface area is 107 Å². The fourth-order valence-electron chi connectivity index (χ4n) is 2.12. The van der Waals surface area contributed by atoms with Crippen molar-refractivity contribution >= 4 is 22.5 Å². The minimum atomic E-state index is 0.618. The first kappa shape index (κ1) is 10.0. The second kappa shape index (κ2) is 3.52. The highest BCUT2D eigenvalue weighted by atomic mass is 15.3. The zero-order valence-corrected chi connectivity index (χ0v) is 9.78. The molecular formula is C12H9N7. The van der Waals surface area contributed by atoms with Crippen molar-refractivity contribution in [1.82, 2.24) is 29.5 Å². The summed E-state index contributed by atoms with van der Waals surface area (Å²) >= 11 is 0. The number of anilines is 1. The highest BCUT2D eigenvalue weighted by Crippen LogP contribution is 2.25. The summed E-state index contributed by atoms with van der Waals surface area (Å²) in [5, 5.41) is 8.38. The van der Waals surface area contributed by atoms with Gasteiger partial charge in [-0.1, -0.05) is 12.1 Å². The van der Waals surface area contributed by atoms with Crippen molar-refractivity contribution in [2.75, 3.05) is 5.73 Å². The number of nitrogens with zero attached hydrogens (tertiary/aromatic N) is 5. The number of hydrogen-bond acceptors (Lipinski definition) is 5. The van der Waals surface area contributed by atoms with Gasteiger partial charge in [-0.05, 0) is 12.1 Å². The summed E-state index contributed by atoms with van der Waals surface area (Å²) in [5.74, 6) is 0.664. The number of fused-ring (bicyclic) bond motifs is 3. The number of benzene rings is 1. The van der Waals surface area contributed by atoms with Crippen molar-refractivity contribution in [2.24, 2.45) is 0 Å². The van der Waals surface area contributed by atoms with Crippen molar-refractivity contribution in [3.63, 3.8) is 0 Å². The molecule has 3 heterocycles. The van der Waals surface area contributed by atoms with E-state index in [-0.39, 0.29) is 0 Å². The molecule has 0 aliphatic carbocycles. The molecule has 0 radical (unpaired) electrons. The van der Waals surface area contributed by atoms with Crippen LogP contribution in [-0.4, -0.2) is 29.5 Å². The highest BCUT2D eigenvalue weighted by molar-refractivity contribution is 5.86. The molecule has 0 saturated heterocycles. The number of imidazole rings is 1. The summed E-state index contributed by atoms with van der Waals surface area (Å²) in [6, 6.07) is 7.53. The monoisotopic (exact) mass is 251 g/mol. The Balaban J connectivity index is 2.09. The Morgan fingerprint density at radius 1 is 1.11 bits per heavy atom. The molecule has 0 unspecified atom stereocenters. The molecule has 1 aromatic carbocycles. The molecule has 0 fully saturated rings. The normalized spacial score (nSPS) is 11.4. The SMILES string of the molecule is Nc1ccccc1-c1nnc2c3[nH]cnc3ncn12. The Kier molecular flexibility index (Phi) is 1.85. The van der Waals surface area contributed by atoms with Gasteiger partial charge in [0.1, 0.15) is 11.8 Å². The van der Waals surface area contributed by atoms with E-state index in [1.54, 1.807) is 17.1 Å². The van der Waals surface area contributed by atoms with Crippen LogP contribution in [0.4, 0.5) is 5.69 Å². The van der Waals surface area contributed by atoms with Gasteiger partial charge in [-0.2, -0.15) is 0 Å². The van der Waals surface area contributed by atoms with Crippen LogP contribution >= 0.6 is 0 Å². The lowest BCUT2D eigenvalue weighted by atomic mass is 10.2. The summed E-state index contributed by atoms with van der Waals surface area (Å²) in [6.45, 7) is 0. The van der Waals surface area contributed by atoms with Gasteiger partial charge in [0.15, 0.2) is 17.1 Å². The van der Waals surface area contributed by atoms with E-state index in [2.05, 4.69) is 25.1 Å². The largest absolute Gasteiger partial charge is 0.398 e. The molecule has 0 spiro atoms. The quantitative estimate of drug-likeness (QED) is 0.496. The van der Waals surface area contributed by atoms with E-state index in [0.29, 0.717) is 22.8 Å². The van der Waals surface area contributed by atoms with E-state index in [4.69, 9.17) is 5.73 Å². The van der Waals surface area contributed by atoms with E-state index in [9.17, 15) is 0 Å². The molecular weight excluding hydrogens is 242 g/mol. The molecule has 3 N–H and O–H groups in total. The van der Waals surface area contributed by atoms with Gasteiger partial charge in [0, 0.05) is 11.3 Å². The fourth-order valence-corrected chi connectivity index (χ4v) is 2.12. The van der Waals surface area contributed by atoms with Gasteiger partial charge < -0.3 is 10.7 Å². The van der Waals surface area contributed by atoms with Crippen LogP contribution in [0.25, 0.3) is 28.2 Å². The maximum absolute atomic E-state index is 5.97. The first-order valence-electron chi connectivity index (χ1n) is 5.72. The Bertz CT molecular complexity index is 889. The van der Waals surface area contributed by atoms with Crippen molar-refractivity contribution < 1.29 is 0 Å². The zero-order chi connectivity index (χ0) is 12.8. The van der Waals surface area contributed by atoms with Gasteiger partial charge in [-0.25, -0.2) is 9.97 Å². The number of hydrogen-bond donors (Lipinski definition) is 2. The molecule has 0 aliphatic heterocycles. The minimum absolute atomic E-state index is 0.618. The fraction of sp³-hybridized carbons (Fsp3) is 0. The lowest BCUT2D eigenvalue weighted by Crippen LogP contribution is -1.95. The molecule has 0 amide bonds. The van der Waals surface area contributed by atoms with Crippen LogP contribution in [0.15, 0.2) is 36.9 Å². The summed E-state index contributed by atoms with van der Waals surface area (Å²) in [4.78, 5) is 11.4. The van der Waals surface area contributed by atoms with E-state index in [1.165, 1.54) is 0 Å². The van der Waals surface area contributed by atoms with Crippen LogP contribution in [0.2, 0.25) is 0 Å². The first-order valence-corrected chi connectivity index (χ1v) is 5.72. The summed E-state index contributed by atoms with van der Waals surface area (Å²) < 4.78 is 1.80. The van der Waals surface area contributed by atoms with Crippen molar-refractivity contribution in [3.8, 4) is 11.4 Å². The number of aromatic amines is 1. The molecule has 0 atom stereocenters. The number of nitrogens with one attached hydrogen (secondary N) is 1. The third-order valence-corrected chi connectivity index (χ3v) is 3.04. The van der Waals surface area contributed by atoms with Crippen LogP contribution in [0.3, 0.4) is 0 Å². The zero-order valence-electron chi connectivity index (χ0n) is 9.78. The topological polar surface area (TPSA) is 97.8 Å². The summed E-state index contributed by atoms with van der Waals surface area (Å²) in [5.41, 5.74) is 9.52. The molecule has 7 nitrogen and oxygen atoms in total. The smallest absolute Gasteiger partial charge is 0.190 e. The predicted molar refractivity (Wildman–Crippen MR) is 70.3 cm³/mol. The lowest BCUT2D eigenvalue weighted by molar-refractivity contribution is 1.09. The maximum Gasteiger partial charge on any atom is 0.190 e. The molecule has 4 rings (SSSR count). The molecule has 92 valence electrons. The Morgan fingerprint density at radius 2 is 2.00 bits per heavy atom. The van der Waals surface area contributed by atoms with Crippen molar-refractivity contribution in [3.05, 3.63) is 36.9 Å². The third-order valence-electron chi connectivity index (χ3n) is 3.04. The number of para-hydroxylation sites is 1. The number of H-pyrrole nitrogens is 1. The van der Waals surface area contributed by atoms with Gasteiger partial charge in [0.25, 0.3) is 0 Å². The van der Waals surface area contributed by atoms with E-state index < -0.39 is 0 Å². The van der Waals surface area contributed by atoms with Crippen LogP contribution in [0.5, 0.6) is 0 Å². The maximum atomic E-state index is 5.97. The number of rotatable bonds is 1. The number of aromatic nitrogens is 6. The molecule has 0 saturated carbocycles. The van der Waals surface area contributed by atoms with Gasteiger partial charge in [-0.3, -0.25) is 4.40 Å². The van der Waals surface area contributed by atoms with E-state index >= 15 is 0 Å². The molecule has 19 heavy (non-hydrogen) atoms. The molecule has 0 bridgehead atoms. The summed E-state index contributed by atoms with van der Waals surface area (Å²) in [6.07, 6.45) is 3.24. The predicted octanol–water partition coefficient (Wildman–Crippen LogP) is 1.25. The summed E-state index contributed by atoms with van der Waals surface area (Å²) in [7, 11) is 0. The molecule has 0 aliphatic rings. The van der Waals surface area contributed by atoms with E-state index in [1.807, 2.05) is 24.3 Å². The lowest BCUT2D eigenvalue weighted by Gasteiger charge is -2.02. The Hall–Kier alpha value is -2.96. The standard InChI is InChI=1S/C12H9N7/c13-8-4-2-1-3-7(8)11-17-18-12-9-10(15-5-14-9)16-6-19(11)12/h1-6H,13H2,(H,14,15). The molecule has 4 aromatic rings. The van der Waals surface area contributed by atoms with Crippen LogP contribution < -0.4 is 5.73 Å². The second-order valence-electron chi connectivity index (χ2n) is 4.15. The van der Waals surface area contributed by atoms with Gasteiger partial charge >= 0.3 is 0 Å². The van der Waals surface area contributed by atoms with Gasteiger partial charge in [0.05, 0.1) is 6.33 Å².